The van der Waals surface area contributed by atoms with E-state index in [1.807, 2.05) is 6.07 Å². The van der Waals surface area contributed by atoms with Gasteiger partial charge in [0.25, 0.3) is 0 Å². The number of nitrogens with zero attached hydrogens (tertiary/aromatic N) is 1. The van der Waals surface area contributed by atoms with Gasteiger partial charge in [-0.25, -0.2) is 13.2 Å². The predicted octanol–water partition coefficient (Wildman–Crippen LogP) is 4.69. The molecule has 16 heavy (non-hydrogen) atoms. The third-order valence-corrected chi connectivity index (χ3v) is 2.06. The smallest absolute Gasteiger partial charge is 0.214 e. The van der Waals surface area contributed by atoms with Crippen molar-refractivity contribution in [3.63, 3.8) is 0 Å². The lowest BCUT2D eigenvalue weighted by Gasteiger charge is -2.01. The molecule has 0 aliphatic rings. The maximum Gasteiger partial charge on any atom is 0.229 e. The van der Waals surface area contributed by atoms with Crippen molar-refractivity contribution in [2.24, 2.45) is 0 Å². The Morgan fingerprint density at radius 3 is 1.94 bits per heavy atom. The molecule has 1 aromatic rings. The fraction of sp³-hybridized carbons (Fsp3) is 0.100. The quantitative estimate of drug-likeness (QED) is 0.724. The number of hydrogen-bond acceptors (Lipinski definition) is 1. The van der Waals surface area contributed by atoms with Crippen molar-refractivity contribution in [1.82, 2.24) is 0 Å². The van der Waals surface area contributed by atoms with Crippen LogP contribution in [0.15, 0.2) is 18.7 Å². The van der Waals surface area contributed by atoms with Gasteiger partial charge < -0.3 is 0 Å². The zero-order valence-electron chi connectivity index (χ0n) is 7.91. The van der Waals surface area contributed by atoms with E-state index in [9.17, 15) is 13.2 Å². The standard InChI is InChI=1S/C9H4Cl2FN.CH2F2/c1-5(12)6-2-8(10)7(4-13)9(11)3-6;2-1-3/h2-3H,1H2;1H2. The Balaban J connectivity index is 0.000000673. The highest BCUT2D eigenvalue weighted by molar-refractivity contribution is 6.36. The van der Waals surface area contributed by atoms with E-state index in [1.54, 1.807) is 0 Å². The average molecular weight is 268 g/mol. The van der Waals surface area contributed by atoms with E-state index in [0.29, 0.717) is 0 Å². The van der Waals surface area contributed by atoms with E-state index in [0.717, 1.165) is 0 Å². The van der Waals surface area contributed by atoms with Crippen LogP contribution in [0.5, 0.6) is 0 Å². The molecular weight excluding hydrogens is 262 g/mol. The number of benzene rings is 1. The van der Waals surface area contributed by atoms with Gasteiger partial charge in [0.05, 0.1) is 15.6 Å². The molecule has 6 heteroatoms. The first-order chi connectivity index (χ1) is 7.47. The van der Waals surface area contributed by atoms with Crippen LogP contribution in [0, 0.1) is 11.3 Å². The zero-order chi connectivity index (χ0) is 12.7. The molecule has 0 amide bonds. The zero-order valence-corrected chi connectivity index (χ0v) is 9.42. The second kappa shape index (κ2) is 7.15. The highest BCUT2D eigenvalue weighted by Gasteiger charge is 2.08. The van der Waals surface area contributed by atoms with Crippen LogP contribution >= 0.6 is 23.2 Å². The third-order valence-electron chi connectivity index (χ3n) is 1.47. The maximum absolute atomic E-state index is 12.6. The second-order valence-electron chi connectivity index (χ2n) is 2.43. The molecule has 0 saturated heterocycles. The summed E-state index contributed by atoms with van der Waals surface area (Å²) in [6.07, 6.45) is 0. The van der Waals surface area contributed by atoms with E-state index in [2.05, 4.69) is 6.58 Å². The van der Waals surface area contributed by atoms with Crippen molar-refractivity contribution in [3.8, 4) is 6.07 Å². The number of halogens is 5. The van der Waals surface area contributed by atoms with Crippen LogP contribution < -0.4 is 0 Å². The van der Waals surface area contributed by atoms with Crippen LogP contribution in [0.3, 0.4) is 0 Å². The molecule has 1 rings (SSSR count). The summed E-state index contributed by atoms with van der Waals surface area (Å²) >= 11 is 11.3. The Labute approximate surface area is 101 Å². The highest BCUT2D eigenvalue weighted by atomic mass is 35.5. The van der Waals surface area contributed by atoms with Crippen LogP contribution in [0.1, 0.15) is 11.1 Å². The molecule has 0 aromatic heterocycles. The van der Waals surface area contributed by atoms with E-state index in [1.165, 1.54) is 12.1 Å². The van der Waals surface area contributed by atoms with Gasteiger partial charge in [-0.15, -0.1) is 0 Å². The molecule has 0 saturated carbocycles. The van der Waals surface area contributed by atoms with Gasteiger partial charge in [0.2, 0.25) is 6.93 Å². The lowest BCUT2D eigenvalue weighted by molar-refractivity contribution is 0.295. The van der Waals surface area contributed by atoms with Gasteiger partial charge in [-0.2, -0.15) is 5.26 Å². The molecule has 0 aliphatic heterocycles. The molecule has 0 unspecified atom stereocenters. The fourth-order valence-electron chi connectivity index (χ4n) is 0.837. The molecule has 0 spiro atoms. The van der Waals surface area contributed by atoms with Gasteiger partial charge in [-0.1, -0.05) is 29.8 Å². The predicted molar refractivity (Wildman–Crippen MR) is 58.4 cm³/mol. The Bertz CT molecular complexity index is 404. The first-order valence-electron chi connectivity index (χ1n) is 3.83. The maximum atomic E-state index is 12.6. The van der Waals surface area contributed by atoms with E-state index >= 15 is 0 Å². The summed E-state index contributed by atoms with van der Waals surface area (Å²) in [5.74, 6) is -0.631. The number of alkyl halides is 2. The van der Waals surface area contributed by atoms with Crippen molar-refractivity contribution in [2.75, 3.05) is 6.93 Å². The summed E-state index contributed by atoms with van der Waals surface area (Å²) < 4.78 is 31.9. The van der Waals surface area contributed by atoms with Crippen molar-refractivity contribution < 1.29 is 13.2 Å². The summed E-state index contributed by atoms with van der Waals surface area (Å²) in [5, 5.41) is 8.85. The van der Waals surface area contributed by atoms with Gasteiger partial charge in [-0.3, -0.25) is 0 Å². The molecule has 0 radical (unpaired) electrons. The number of rotatable bonds is 1. The van der Waals surface area contributed by atoms with E-state index < -0.39 is 12.8 Å². The molecule has 86 valence electrons. The molecule has 1 aromatic carbocycles. The SMILES string of the molecule is C=C(F)c1cc(Cl)c(C#N)c(Cl)c1.FCF. The van der Waals surface area contributed by atoms with Crippen molar-refractivity contribution in [1.29, 1.82) is 5.26 Å². The first kappa shape index (κ1) is 14.8. The molecule has 0 atom stereocenters. The minimum Gasteiger partial charge on any atom is -0.214 e. The van der Waals surface area contributed by atoms with Crippen LogP contribution in [-0.2, 0) is 0 Å². The van der Waals surface area contributed by atoms with Crippen LogP contribution in [0.2, 0.25) is 10.0 Å². The Kier molecular flexibility index (Phi) is 6.63. The number of hydrogen-bond donors (Lipinski definition) is 0. The molecule has 1 nitrogen and oxygen atoms in total. The lowest BCUT2D eigenvalue weighted by atomic mass is 10.1. The summed E-state index contributed by atoms with van der Waals surface area (Å²) in [6, 6.07) is 4.44. The summed E-state index contributed by atoms with van der Waals surface area (Å²) in [5.41, 5.74) is 0.335. The summed E-state index contributed by atoms with van der Waals surface area (Å²) in [4.78, 5) is 0. The molecule has 0 aliphatic carbocycles. The minimum absolute atomic E-state index is 0.129. The highest BCUT2D eigenvalue weighted by Crippen LogP contribution is 2.28. The fourth-order valence-corrected chi connectivity index (χ4v) is 1.41. The van der Waals surface area contributed by atoms with Crippen LogP contribution in [-0.4, -0.2) is 6.93 Å². The summed E-state index contributed by atoms with van der Waals surface area (Å²) in [7, 11) is 0. The van der Waals surface area contributed by atoms with Gasteiger partial charge in [0.15, 0.2) is 0 Å². The molecular formula is C10H6Cl2F3N. The topological polar surface area (TPSA) is 23.8 Å². The second-order valence-corrected chi connectivity index (χ2v) is 3.25. The van der Waals surface area contributed by atoms with Gasteiger partial charge in [0.1, 0.15) is 11.9 Å². The van der Waals surface area contributed by atoms with Gasteiger partial charge in [0, 0.05) is 5.56 Å². The third kappa shape index (κ3) is 4.13. The summed E-state index contributed by atoms with van der Waals surface area (Å²) in [6.45, 7) is 1.35. The Morgan fingerprint density at radius 1 is 1.31 bits per heavy atom. The Morgan fingerprint density at radius 2 is 1.69 bits per heavy atom. The van der Waals surface area contributed by atoms with Crippen LogP contribution in [0.25, 0.3) is 5.83 Å². The molecule has 0 bridgehead atoms. The number of nitriles is 1. The molecule has 0 N–H and O–H groups in total. The largest absolute Gasteiger partial charge is 0.229 e. The van der Waals surface area contributed by atoms with Crippen LogP contribution in [0.4, 0.5) is 13.2 Å². The van der Waals surface area contributed by atoms with Crippen molar-refractivity contribution >= 4 is 29.0 Å². The van der Waals surface area contributed by atoms with Gasteiger partial charge >= 0.3 is 0 Å². The lowest BCUT2D eigenvalue weighted by Crippen LogP contribution is -1.83. The first-order valence-corrected chi connectivity index (χ1v) is 4.59. The molecule has 0 fully saturated rings. The minimum atomic E-state index is -1.75. The van der Waals surface area contributed by atoms with Crippen molar-refractivity contribution in [2.45, 2.75) is 0 Å². The Hall–Kier alpha value is -1.18. The average Bonchev–Trinajstić information content (AvgIpc) is 2.18. The van der Waals surface area contributed by atoms with Crippen molar-refractivity contribution in [3.05, 3.63) is 39.9 Å². The normalized spacial score (nSPS) is 8.75. The van der Waals surface area contributed by atoms with E-state index in [4.69, 9.17) is 28.5 Å². The monoisotopic (exact) mass is 267 g/mol. The van der Waals surface area contributed by atoms with Gasteiger partial charge in [-0.05, 0) is 12.1 Å². The van der Waals surface area contributed by atoms with E-state index in [-0.39, 0.29) is 21.2 Å². The molecule has 0 heterocycles.